The van der Waals surface area contributed by atoms with E-state index in [1.807, 2.05) is 0 Å². The fourth-order valence-electron chi connectivity index (χ4n) is 1.18. The van der Waals surface area contributed by atoms with Crippen molar-refractivity contribution in [2.45, 2.75) is 19.1 Å². The molecule has 1 rings (SSSR count). The van der Waals surface area contributed by atoms with Crippen molar-refractivity contribution < 1.29 is 4.74 Å². The molecular formula is C8H19ClN2O. The summed E-state index contributed by atoms with van der Waals surface area (Å²) in [6.07, 6.45) is 2.54. The molecule has 0 amide bonds. The summed E-state index contributed by atoms with van der Waals surface area (Å²) >= 11 is 0. The molecule has 0 spiro atoms. The Labute approximate surface area is 80.9 Å². The zero-order chi connectivity index (χ0) is 8.10. The number of halogens is 1. The molecule has 3 nitrogen and oxygen atoms in total. The lowest BCUT2D eigenvalue weighted by Gasteiger charge is -2.25. The molecule has 0 aromatic carbocycles. The minimum atomic E-state index is 0. The van der Waals surface area contributed by atoms with E-state index in [4.69, 9.17) is 4.74 Å². The quantitative estimate of drug-likeness (QED) is 0.716. The second-order valence-electron chi connectivity index (χ2n) is 3.26. The van der Waals surface area contributed by atoms with Crippen molar-refractivity contribution in [1.82, 2.24) is 10.2 Å². The van der Waals surface area contributed by atoms with Gasteiger partial charge in [-0.15, -0.1) is 12.4 Å². The predicted octanol–water partition coefficient (Wildman–Crippen LogP) is 0.696. The Bertz CT molecular complexity index is 105. The fourth-order valence-corrected chi connectivity index (χ4v) is 1.18. The first-order valence-electron chi connectivity index (χ1n) is 4.29. The smallest absolute Gasteiger partial charge is 0.109 e. The number of nitrogens with zero attached hydrogens (tertiary/aromatic N) is 1. The molecule has 0 saturated carbocycles. The summed E-state index contributed by atoms with van der Waals surface area (Å²) in [6.45, 7) is 3.13. The van der Waals surface area contributed by atoms with Gasteiger partial charge >= 0.3 is 0 Å². The molecule has 1 heterocycles. The molecule has 1 aliphatic rings. The Balaban J connectivity index is 0.00000121. The van der Waals surface area contributed by atoms with Crippen LogP contribution in [0.4, 0.5) is 0 Å². The normalized spacial score (nSPS) is 23.8. The van der Waals surface area contributed by atoms with Crippen LogP contribution in [0.5, 0.6) is 0 Å². The van der Waals surface area contributed by atoms with Crippen LogP contribution in [0.2, 0.25) is 0 Å². The maximum Gasteiger partial charge on any atom is 0.109 e. The van der Waals surface area contributed by atoms with Crippen LogP contribution in [0.25, 0.3) is 0 Å². The van der Waals surface area contributed by atoms with Crippen LogP contribution >= 0.6 is 12.4 Å². The first-order valence-corrected chi connectivity index (χ1v) is 4.29. The second kappa shape index (κ2) is 6.66. The highest BCUT2D eigenvalue weighted by atomic mass is 35.5. The summed E-state index contributed by atoms with van der Waals surface area (Å²) in [5.41, 5.74) is 0. The highest BCUT2D eigenvalue weighted by Gasteiger charge is 2.11. The molecule has 0 bridgehead atoms. The topological polar surface area (TPSA) is 24.5 Å². The summed E-state index contributed by atoms with van der Waals surface area (Å²) in [7, 11) is 4.17. The van der Waals surface area contributed by atoms with Gasteiger partial charge in [-0.25, -0.2) is 0 Å². The van der Waals surface area contributed by atoms with Gasteiger partial charge in [0.15, 0.2) is 0 Å². The Morgan fingerprint density at radius 1 is 1.50 bits per heavy atom. The molecule has 0 aromatic rings. The number of rotatable bonds is 3. The van der Waals surface area contributed by atoms with Gasteiger partial charge in [-0.3, -0.25) is 5.32 Å². The summed E-state index contributed by atoms with van der Waals surface area (Å²) in [4.78, 5) is 2.18. The molecule has 1 aliphatic heterocycles. The third-order valence-electron chi connectivity index (χ3n) is 1.85. The van der Waals surface area contributed by atoms with E-state index in [-0.39, 0.29) is 12.4 Å². The molecule has 0 aromatic heterocycles. The van der Waals surface area contributed by atoms with Crippen molar-refractivity contribution in [1.29, 1.82) is 0 Å². The van der Waals surface area contributed by atoms with E-state index in [2.05, 4.69) is 24.3 Å². The van der Waals surface area contributed by atoms with Crippen molar-refractivity contribution in [3.8, 4) is 0 Å². The van der Waals surface area contributed by atoms with Gasteiger partial charge in [0.2, 0.25) is 0 Å². The van der Waals surface area contributed by atoms with Crippen molar-refractivity contribution in [2.75, 3.05) is 33.8 Å². The monoisotopic (exact) mass is 194 g/mol. The summed E-state index contributed by atoms with van der Waals surface area (Å²) in [5.74, 6) is 0. The molecule has 0 radical (unpaired) electrons. The van der Waals surface area contributed by atoms with E-state index >= 15 is 0 Å². The van der Waals surface area contributed by atoms with Crippen LogP contribution < -0.4 is 5.32 Å². The first-order chi connectivity index (χ1) is 5.29. The molecule has 1 unspecified atom stereocenters. The van der Waals surface area contributed by atoms with E-state index in [0.717, 1.165) is 32.5 Å². The van der Waals surface area contributed by atoms with Crippen molar-refractivity contribution in [2.24, 2.45) is 0 Å². The van der Waals surface area contributed by atoms with Gasteiger partial charge in [0.05, 0.1) is 0 Å². The number of hydrogen-bond acceptors (Lipinski definition) is 3. The van der Waals surface area contributed by atoms with Crippen molar-refractivity contribution in [3.05, 3.63) is 0 Å². The van der Waals surface area contributed by atoms with E-state index < -0.39 is 0 Å². The third-order valence-corrected chi connectivity index (χ3v) is 1.85. The zero-order valence-electron chi connectivity index (χ0n) is 7.88. The SMILES string of the molecule is CN(C)CCC1NCCCO1.Cl. The first kappa shape index (κ1) is 12.2. The van der Waals surface area contributed by atoms with Crippen LogP contribution in [0.15, 0.2) is 0 Å². The molecule has 1 fully saturated rings. The Kier molecular flexibility index (Phi) is 6.76. The van der Waals surface area contributed by atoms with Crippen molar-refractivity contribution in [3.63, 3.8) is 0 Å². The molecule has 4 heteroatoms. The zero-order valence-corrected chi connectivity index (χ0v) is 8.69. The van der Waals surface area contributed by atoms with Crippen LogP contribution in [0, 0.1) is 0 Å². The maximum absolute atomic E-state index is 5.49. The minimum Gasteiger partial charge on any atom is -0.363 e. The highest BCUT2D eigenvalue weighted by Crippen LogP contribution is 2.01. The standard InChI is InChI=1S/C8H18N2O.ClH/c1-10(2)6-4-8-9-5-3-7-11-8;/h8-9H,3-7H2,1-2H3;1H. The maximum atomic E-state index is 5.49. The van der Waals surface area contributed by atoms with Crippen LogP contribution in [0.1, 0.15) is 12.8 Å². The Morgan fingerprint density at radius 3 is 2.75 bits per heavy atom. The van der Waals surface area contributed by atoms with Gasteiger partial charge in [0.1, 0.15) is 6.23 Å². The lowest BCUT2D eigenvalue weighted by atomic mass is 10.3. The molecule has 1 atom stereocenters. The predicted molar refractivity (Wildman–Crippen MR) is 52.8 cm³/mol. The molecule has 1 N–H and O–H groups in total. The Morgan fingerprint density at radius 2 is 2.25 bits per heavy atom. The summed E-state index contributed by atoms with van der Waals surface area (Å²) < 4.78 is 5.49. The van der Waals surface area contributed by atoms with Crippen molar-refractivity contribution >= 4 is 12.4 Å². The second-order valence-corrected chi connectivity index (χ2v) is 3.26. The highest BCUT2D eigenvalue weighted by molar-refractivity contribution is 5.85. The van der Waals surface area contributed by atoms with Gasteiger partial charge in [0, 0.05) is 13.2 Å². The minimum absolute atomic E-state index is 0. The Hall–Kier alpha value is 0.170. The lowest BCUT2D eigenvalue weighted by molar-refractivity contribution is -0.00691. The largest absolute Gasteiger partial charge is 0.363 e. The number of hydrogen-bond donors (Lipinski definition) is 1. The van der Waals surface area contributed by atoms with Gasteiger partial charge in [0.25, 0.3) is 0 Å². The molecule has 74 valence electrons. The average molecular weight is 195 g/mol. The lowest BCUT2D eigenvalue weighted by Crippen LogP contribution is -2.39. The van der Waals surface area contributed by atoms with E-state index in [9.17, 15) is 0 Å². The third kappa shape index (κ3) is 4.93. The van der Waals surface area contributed by atoms with Gasteiger partial charge < -0.3 is 9.64 Å². The molecule has 1 saturated heterocycles. The van der Waals surface area contributed by atoms with E-state index in [1.54, 1.807) is 0 Å². The number of ether oxygens (including phenoxy) is 1. The van der Waals surface area contributed by atoms with Gasteiger partial charge in [-0.05, 0) is 33.5 Å². The average Bonchev–Trinajstić information content (AvgIpc) is 2.03. The van der Waals surface area contributed by atoms with Crippen LogP contribution in [-0.2, 0) is 4.74 Å². The molecule has 0 aliphatic carbocycles. The number of nitrogens with one attached hydrogen (secondary N) is 1. The van der Waals surface area contributed by atoms with Crippen LogP contribution in [0.3, 0.4) is 0 Å². The summed E-state index contributed by atoms with van der Waals surface area (Å²) in [6, 6.07) is 0. The van der Waals surface area contributed by atoms with E-state index in [1.165, 1.54) is 0 Å². The fraction of sp³-hybridized carbons (Fsp3) is 1.00. The molecular weight excluding hydrogens is 176 g/mol. The van der Waals surface area contributed by atoms with Gasteiger partial charge in [-0.1, -0.05) is 0 Å². The van der Waals surface area contributed by atoms with Gasteiger partial charge in [-0.2, -0.15) is 0 Å². The summed E-state index contributed by atoms with van der Waals surface area (Å²) in [5, 5.41) is 3.33. The molecule has 12 heavy (non-hydrogen) atoms. The van der Waals surface area contributed by atoms with E-state index in [0.29, 0.717) is 6.23 Å². The van der Waals surface area contributed by atoms with Crippen LogP contribution in [-0.4, -0.2) is 44.9 Å².